The lowest BCUT2D eigenvalue weighted by molar-refractivity contribution is -0.128. The third-order valence-corrected chi connectivity index (χ3v) is 7.07. The van der Waals surface area contributed by atoms with Crippen molar-refractivity contribution in [1.29, 1.82) is 0 Å². The van der Waals surface area contributed by atoms with Crippen LogP contribution in [0.5, 0.6) is 5.75 Å². The van der Waals surface area contributed by atoms with Gasteiger partial charge in [-0.1, -0.05) is 23.2 Å². The molecule has 0 bridgehead atoms. The van der Waals surface area contributed by atoms with Gasteiger partial charge < -0.3 is 10.1 Å². The minimum absolute atomic E-state index is 0.0334. The molecule has 2 aliphatic heterocycles. The highest BCUT2D eigenvalue weighted by Crippen LogP contribution is 2.28. The molecule has 0 aromatic heterocycles. The second-order valence-corrected chi connectivity index (χ2v) is 9.83. The number of sulfone groups is 1. The van der Waals surface area contributed by atoms with Crippen LogP contribution in [0.25, 0.3) is 0 Å². The first kappa shape index (κ1) is 19.7. The molecule has 9 heteroatoms. The van der Waals surface area contributed by atoms with E-state index in [9.17, 15) is 13.2 Å². The van der Waals surface area contributed by atoms with Crippen molar-refractivity contribution < 1.29 is 17.9 Å². The van der Waals surface area contributed by atoms with E-state index in [4.69, 9.17) is 27.9 Å². The van der Waals surface area contributed by atoms with Gasteiger partial charge in [-0.2, -0.15) is 0 Å². The van der Waals surface area contributed by atoms with Gasteiger partial charge in [0, 0.05) is 11.1 Å². The second kappa shape index (κ2) is 7.92. The van der Waals surface area contributed by atoms with Crippen LogP contribution >= 0.6 is 23.2 Å². The largest absolute Gasteiger partial charge is 0.479 e. The number of nitrogens with one attached hydrogen (secondary N) is 1. The maximum absolute atomic E-state index is 12.5. The number of likely N-dealkylation sites (tertiary alicyclic amines) is 1. The van der Waals surface area contributed by atoms with E-state index >= 15 is 0 Å². The summed E-state index contributed by atoms with van der Waals surface area (Å²) in [5.74, 6) is 0.0565. The van der Waals surface area contributed by atoms with Crippen LogP contribution in [0.4, 0.5) is 0 Å². The average molecular weight is 421 g/mol. The van der Waals surface area contributed by atoms with E-state index in [2.05, 4.69) is 10.2 Å². The molecular formula is C17H22Cl2N2O4S. The molecule has 2 saturated heterocycles. The zero-order valence-electron chi connectivity index (χ0n) is 14.5. The Kier molecular flexibility index (Phi) is 6.01. The van der Waals surface area contributed by atoms with Crippen molar-refractivity contribution >= 4 is 38.9 Å². The number of hydrogen-bond donors (Lipinski definition) is 1. The molecule has 2 aliphatic rings. The highest BCUT2D eigenvalue weighted by Gasteiger charge is 2.42. The number of benzene rings is 1. The zero-order valence-corrected chi connectivity index (χ0v) is 16.8. The quantitative estimate of drug-likeness (QED) is 0.789. The van der Waals surface area contributed by atoms with Crippen LogP contribution in [0.15, 0.2) is 18.2 Å². The molecule has 1 N–H and O–H groups in total. The first-order chi connectivity index (χ1) is 12.2. The number of amides is 1. The van der Waals surface area contributed by atoms with Gasteiger partial charge in [-0.15, -0.1) is 0 Å². The maximum atomic E-state index is 12.5. The van der Waals surface area contributed by atoms with Gasteiger partial charge in [0.1, 0.15) is 5.75 Å². The SMILES string of the molecule is CC(Oc1ccc(Cl)cc1Cl)C(=O)NC1CS(=O)(=O)CC1N1CCCC1. The molecule has 0 radical (unpaired) electrons. The summed E-state index contributed by atoms with van der Waals surface area (Å²) in [7, 11) is -3.16. The predicted molar refractivity (Wildman–Crippen MR) is 102 cm³/mol. The number of hydrogen-bond acceptors (Lipinski definition) is 5. The summed E-state index contributed by atoms with van der Waals surface area (Å²) in [6.07, 6.45) is 1.31. The van der Waals surface area contributed by atoms with Crippen molar-refractivity contribution in [3.05, 3.63) is 28.2 Å². The molecule has 0 saturated carbocycles. The average Bonchev–Trinajstić information content (AvgIpc) is 3.17. The number of ether oxygens (including phenoxy) is 1. The van der Waals surface area contributed by atoms with Crippen molar-refractivity contribution in [3.8, 4) is 5.75 Å². The van der Waals surface area contributed by atoms with Crippen molar-refractivity contribution in [3.63, 3.8) is 0 Å². The summed E-state index contributed by atoms with van der Waals surface area (Å²) in [4.78, 5) is 14.7. The normalized spacial score (nSPS) is 26.6. The van der Waals surface area contributed by atoms with Crippen LogP contribution in [-0.2, 0) is 14.6 Å². The molecule has 1 aromatic rings. The van der Waals surface area contributed by atoms with E-state index in [1.54, 1.807) is 19.1 Å². The molecule has 1 amide bonds. The molecule has 3 unspecified atom stereocenters. The van der Waals surface area contributed by atoms with E-state index < -0.39 is 22.0 Å². The first-order valence-corrected chi connectivity index (χ1v) is 11.2. The monoisotopic (exact) mass is 420 g/mol. The van der Waals surface area contributed by atoms with Crippen LogP contribution in [0.2, 0.25) is 10.0 Å². The summed E-state index contributed by atoms with van der Waals surface area (Å²) in [5.41, 5.74) is 0. The molecule has 1 aromatic carbocycles. The van der Waals surface area contributed by atoms with Gasteiger partial charge in [-0.05, 0) is 51.1 Å². The molecule has 26 heavy (non-hydrogen) atoms. The lowest BCUT2D eigenvalue weighted by Crippen LogP contribution is -2.52. The van der Waals surface area contributed by atoms with Crippen molar-refractivity contribution in [2.45, 2.75) is 38.0 Å². The standard InChI is InChI=1S/C17H22Cl2N2O4S/c1-11(25-16-5-4-12(18)8-13(16)19)17(22)20-14-9-26(23,24)10-15(14)21-6-2-3-7-21/h4-5,8,11,14-15H,2-3,6-7,9-10H2,1H3,(H,20,22). The highest BCUT2D eigenvalue weighted by molar-refractivity contribution is 7.91. The third kappa shape index (κ3) is 4.63. The molecule has 6 nitrogen and oxygen atoms in total. The minimum atomic E-state index is -3.16. The fraction of sp³-hybridized carbons (Fsp3) is 0.588. The van der Waals surface area contributed by atoms with Crippen LogP contribution in [0, 0.1) is 0 Å². The van der Waals surface area contributed by atoms with Crippen LogP contribution < -0.4 is 10.1 Å². The number of carbonyl (C=O) groups excluding carboxylic acids is 1. The lowest BCUT2D eigenvalue weighted by atomic mass is 10.1. The van der Waals surface area contributed by atoms with Crippen LogP contribution in [0.3, 0.4) is 0 Å². The van der Waals surface area contributed by atoms with Gasteiger partial charge in [-0.3, -0.25) is 9.69 Å². The Balaban J connectivity index is 1.65. The number of carbonyl (C=O) groups is 1. The van der Waals surface area contributed by atoms with Crippen molar-refractivity contribution in [2.24, 2.45) is 0 Å². The minimum Gasteiger partial charge on any atom is -0.479 e. The van der Waals surface area contributed by atoms with Gasteiger partial charge in [-0.25, -0.2) is 8.42 Å². The topological polar surface area (TPSA) is 75.7 Å². The molecule has 2 fully saturated rings. The summed E-state index contributed by atoms with van der Waals surface area (Å²) in [5, 5.41) is 3.65. The van der Waals surface area contributed by atoms with Gasteiger partial charge in [0.25, 0.3) is 5.91 Å². The summed E-state index contributed by atoms with van der Waals surface area (Å²) in [6, 6.07) is 4.17. The molecule has 3 rings (SSSR count). The molecule has 0 aliphatic carbocycles. The van der Waals surface area contributed by atoms with E-state index in [0.29, 0.717) is 15.8 Å². The molecule has 2 heterocycles. The van der Waals surface area contributed by atoms with Gasteiger partial charge in [0.15, 0.2) is 15.9 Å². The second-order valence-electron chi connectivity index (χ2n) is 6.84. The third-order valence-electron chi connectivity index (χ3n) is 4.83. The summed E-state index contributed by atoms with van der Waals surface area (Å²) < 4.78 is 29.8. The van der Waals surface area contributed by atoms with Crippen LogP contribution in [0.1, 0.15) is 19.8 Å². The Morgan fingerprint density at radius 2 is 1.96 bits per heavy atom. The van der Waals surface area contributed by atoms with E-state index in [0.717, 1.165) is 25.9 Å². The fourth-order valence-electron chi connectivity index (χ4n) is 3.51. The number of rotatable bonds is 5. The first-order valence-electron chi connectivity index (χ1n) is 8.62. The number of nitrogens with zero attached hydrogens (tertiary/aromatic N) is 1. The zero-order chi connectivity index (χ0) is 18.9. The van der Waals surface area contributed by atoms with Crippen LogP contribution in [-0.4, -0.2) is 62.0 Å². The predicted octanol–water partition coefficient (Wildman–Crippen LogP) is 2.14. The Hall–Kier alpha value is -1.02. The van der Waals surface area contributed by atoms with E-state index in [1.807, 2.05) is 0 Å². The van der Waals surface area contributed by atoms with Gasteiger partial charge in [0.05, 0.1) is 22.6 Å². The molecular weight excluding hydrogens is 399 g/mol. The molecule has 3 atom stereocenters. The highest BCUT2D eigenvalue weighted by atomic mass is 35.5. The molecule has 144 valence electrons. The maximum Gasteiger partial charge on any atom is 0.261 e. The van der Waals surface area contributed by atoms with Gasteiger partial charge in [0.2, 0.25) is 0 Å². The Labute approximate surface area is 163 Å². The van der Waals surface area contributed by atoms with Gasteiger partial charge >= 0.3 is 0 Å². The van der Waals surface area contributed by atoms with Crippen molar-refractivity contribution in [2.75, 3.05) is 24.6 Å². The van der Waals surface area contributed by atoms with Crippen molar-refractivity contribution in [1.82, 2.24) is 10.2 Å². The Bertz CT molecular complexity index is 781. The molecule has 0 spiro atoms. The smallest absolute Gasteiger partial charge is 0.261 e. The van der Waals surface area contributed by atoms with E-state index in [-0.39, 0.29) is 23.5 Å². The Morgan fingerprint density at radius 3 is 2.62 bits per heavy atom. The summed E-state index contributed by atoms with van der Waals surface area (Å²) in [6.45, 7) is 3.35. The Morgan fingerprint density at radius 1 is 1.27 bits per heavy atom. The number of halogens is 2. The van der Waals surface area contributed by atoms with E-state index in [1.165, 1.54) is 6.07 Å². The lowest BCUT2D eigenvalue weighted by Gasteiger charge is -2.29. The summed E-state index contributed by atoms with van der Waals surface area (Å²) >= 11 is 11.9. The fourth-order valence-corrected chi connectivity index (χ4v) is 5.92.